The smallest absolute Gasteiger partial charge is 0.319 e. The maximum atomic E-state index is 12.0. The van der Waals surface area contributed by atoms with E-state index in [0.29, 0.717) is 13.2 Å². The predicted octanol–water partition coefficient (Wildman–Crippen LogP) is 3.26. The van der Waals surface area contributed by atoms with Gasteiger partial charge in [-0.25, -0.2) is 4.79 Å². The molecule has 1 unspecified atom stereocenters. The van der Waals surface area contributed by atoms with Crippen LogP contribution in [-0.2, 0) is 17.8 Å². The molecule has 1 aliphatic heterocycles. The third-order valence-corrected chi connectivity index (χ3v) is 3.92. The van der Waals surface area contributed by atoms with Crippen LogP contribution >= 0.6 is 0 Å². The predicted molar refractivity (Wildman–Crippen MR) is 86.9 cm³/mol. The van der Waals surface area contributed by atoms with Gasteiger partial charge in [0.25, 0.3) is 0 Å². The fourth-order valence-corrected chi connectivity index (χ4v) is 2.63. The van der Waals surface area contributed by atoms with E-state index < -0.39 is 0 Å². The van der Waals surface area contributed by atoms with Crippen molar-refractivity contribution in [2.75, 3.05) is 11.9 Å². The van der Waals surface area contributed by atoms with E-state index in [4.69, 9.17) is 4.74 Å². The molecule has 2 aromatic rings. The van der Waals surface area contributed by atoms with Crippen LogP contribution in [0.5, 0.6) is 0 Å². The average Bonchev–Trinajstić information content (AvgIpc) is 2.55. The summed E-state index contributed by atoms with van der Waals surface area (Å²) in [5.41, 5.74) is 4.42. The van der Waals surface area contributed by atoms with Gasteiger partial charge in [-0.15, -0.1) is 0 Å². The maximum absolute atomic E-state index is 12.0. The van der Waals surface area contributed by atoms with Gasteiger partial charge in [0.05, 0.1) is 12.7 Å². The molecule has 4 nitrogen and oxygen atoms in total. The van der Waals surface area contributed by atoms with E-state index >= 15 is 0 Å². The van der Waals surface area contributed by atoms with E-state index in [1.54, 1.807) is 0 Å². The third kappa shape index (κ3) is 3.46. The number of fused-ring (bicyclic) bond motifs is 1. The van der Waals surface area contributed by atoms with Gasteiger partial charge in [-0.1, -0.05) is 42.5 Å². The normalized spacial score (nSPS) is 16.7. The zero-order valence-electron chi connectivity index (χ0n) is 12.6. The largest absolute Gasteiger partial charge is 0.371 e. The molecule has 0 aliphatic carbocycles. The zero-order chi connectivity index (χ0) is 15.4. The highest BCUT2D eigenvalue weighted by atomic mass is 16.5. The summed E-state index contributed by atoms with van der Waals surface area (Å²) in [6.45, 7) is 3.09. The van der Waals surface area contributed by atoms with E-state index in [2.05, 4.69) is 22.8 Å². The summed E-state index contributed by atoms with van der Waals surface area (Å²) in [4.78, 5) is 12.0. The van der Waals surface area contributed by atoms with Crippen LogP contribution in [0.4, 0.5) is 10.5 Å². The number of rotatable bonds is 3. The van der Waals surface area contributed by atoms with Crippen LogP contribution in [-0.4, -0.2) is 18.7 Å². The number of urea groups is 1. The van der Waals surface area contributed by atoms with Crippen molar-refractivity contribution in [3.05, 3.63) is 65.2 Å². The lowest BCUT2D eigenvalue weighted by atomic mass is 9.99. The van der Waals surface area contributed by atoms with E-state index in [1.165, 1.54) is 11.1 Å². The van der Waals surface area contributed by atoms with Gasteiger partial charge in [-0.05, 0) is 29.7 Å². The number of benzene rings is 2. The first kappa shape index (κ1) is 14.6. The second-order valence-corrected chi connectivity index (χ2v) is 5.56. The van der Waals surface area contributed by atoms with Gasteiger partial charge in [0.1, 0.15) is 0 Å². The van der Waals surface area contributed by atoms with Crippen LogP contribution in [0, 0.1) is 6.92 Å². The van der Waals surface area contributed by atoms with Gasteiger partial charge >= 0.3 is 6.03 Å². The highest BCUT2D eigenvalue weighted by Crippen LogP contribution is 2.20. The van der Waals surface area contributed by atoms with E-state index in [-0.39, 0.29) is 12.1 Å². The second-order valence-electron chi connectivity index (χ2n) is 5.56. The molecule has 0 aromatic heterocycles. The van der Waals surface area contributed by atoms with Gasteiger partial charge in [0.15, 0.2) is 0 Å². The molecule has 0 fully saturated rings. The topological polar surface area (TPSA) is 50.4 Å². The highest BCUT2D eigenvalue weighted by Gasteiger charge is 2.19. The van der Waals surface area contributed by atoms with Crippen molar-refractivity contribution in [3.63, 3.8) is 0 Å². The Labute approximate surface area is 130 Å². The first-order valence-corrected chi connectivity index (χ1v) is 7.51. The van der Waals surface area contributed by atoms with Gasteiger partial charge < -0.3 is 15.4 Å². The minimum Gasteiger partial charge on any atom is -0.371 e. The molecule has 1 aliphatic rings. The van der Waals surface area contributed by atoms with Crippen LogP contribution in [0.3, 0.4) is 0 Å². The Morgan fingerprint density at radius 3 is 2.68 bits per heavy atom. The van der Waals surface area contributed by atoms with Gasteiger partial charge in [0, 0.05) is 18.7 Å². The Kier molecular flexibility index (Phi) is 4.39. The van der Waals surface area contributed by atoms with E-state index in [0.717, 1.165) is 17.7 Å². The maximum Gasteiger partial charge on any atom is 0.319 e. The molecule has 0 spiro atoms. The minimum absolute atomic E-state index is 0.0255. The Morgan fingerprint density at radius 1 is 1.14 bits per heavy atom. The lowest BCUT2D eigenvalue weighted by Gasteiger charge is -2.25. The summed E-state index contributed by atoms with van der Waals surface area (Å²) in [5, 5.41) is 5.75. The van der Waals surface area contributed by atoms with Crippen molar-refractivity contribution in [2.45, 2.75) is 26.1 Å². The molecule has 4 heteroatoms. The van der Waals surface area contributed by atoms with Crippen molar-refractivity contribution in [1.82, 2.24) is 5.32 Å². The third-order valence-electron chi connectivity index (χ3n) is 3.92. The van der Waals surface area contributed by atoms with Crippen molar-refractivity contribution in [2.24, 2.45) is 0 Å². The van der Waals surface area contributed by atoms with Crippen LogP contribution < -0.4 is 10.6 Å². The molecule has 0 saturated carbocycles. The van der Waals surface area contributed by atoms with E-state index in [9.17, 15) is 4.79 Å². The quantitative estimate of drug-likeness (QED) is 0.913. The van der Waals surface area contributed by atoms with Gasteiger partial charge in [-0.3, -0.25) is 0 Å². The molecule has 2 N–H and O–H groups in total. The Balaban J connectivity index is 1.51. The molecular formula is C18H20N2O2. The first-order chi connectivity index (χ1) is 10.7. The average molecular weight is 296 g/mol. The molecule has 2 amide bonds. The molecule has 114 valence electrons. The number of nitrogens with one attached hydrogen (secondary N) is 2. The number of ether oxygens (including phenoxy) is 1. The summed E-state index contributed by atoms with van der Waals surface area (Å²) in [5.74, 6) is 0. The minimum atomic E-state index is -0.197. The lowest BCUT2D eigenvalue weighted by Crippen LogP contribution is -2.38. The number of hydrogen-bond acceptors (Lipinski definition) is 2. The number of aryl methyl sites for hydroxylation is 1. The number of para-hydroxylation sites is 1. The SMILES string of the molecule is Cc1ccccc1NC(=O)NCC1Cc2ccccc2CO1. The molecular weight excluding hydrogens is 276 g/mol. The Bertz CT molecular complexity index is 670. The Morgan fingerprint density at radius 2 is 1.86 bits per heavy atom. The van der Waals surface area contributed by atoms with E-state index in [1.807, 2.05) is 43.3 Å². The zero-order valence-corrected chi connectivity index (χ0v) is 12.6. The highest BCUT2D eigenvalue weighted by molar-refractivity contribution is 5.90. The fourth-order valence-electron chi connectivity index (χ4n) is 2.63. The van der Waals surface area contributed by atoms with Gasteiger partial charge in [0.2, 0.25) is 0 Å². The monoisotopic (exact) mass is 296 g/mol. The molecule has 1 atom stereocenters. The molecule has 0 saturated heterocycles. The number of amides is 2. The molecule has 22 heavy (non-hydrogen) atoms. The van der Waals surface area contributed by atoms with Crippen molar-refractivity contribution >= 4 is 11.7 Å². The molecule has 0 radical (unpaired) electrons. The number of carbonyl (C=O) groups is 1. The van der Waals surface area contributed by atoms with Crippen molar-refractivity contribution in [1.29, 1.82) is 0 Å². The van der Waals surface area contributed by atoms with Gasteiger partial charge in [-0.2, -0.15) is 0 Å². The van der Waals surface area contributed by atoms with Crippen LogP contribution in [0.1, 0.15) is 16.7 Å². The van der Waals surface area contributed by atoms with Crippen molar-refractivity contribution in [3.8, 4) is 0 Å². The summed E-state index contributed by atoms with van der Waals surface area (Å²) in [7, 11) is 0. The Hall–Kier alpha value is -2.33. The van der Waals surface area contributed by atoms with Crippen LogP contribution in [0.2, 0.25) is 0 Å². The molecule has 1 heterocycles. The van der Waals surface area contributed by atoms with Crippen LogP contribution in [0.15, 0.2) is 48.5 Å². The molecule has 3 rings (SSSR count). The summed E-state index contributed by atoms with van der Waals surface area (Å²) < 4.78 is 5.79. The summed E-state index contributed by atoms with van der Waals surface area (Å²) in [6, 6.07) is 15.8. The molecule has 0 bridgehead atoms. The summed E-state index contributed by atoms with van der Waals surface area (Å²) >= 11 is 0. The second kappa shape index (κ2) is 6.62. The molecule has 2 aromatic carbocycles. The standard InChI is InChI=1S/C18H20N2O2/c1-13-6-2-5-9-17(13)20-18(21)19-11-16-10-14-7-3-4-8-15(14)12-22-16/h2-9,16H,10-12H2,1H3,(H2,19,20,21). The fraction of sp³-hybridized carbons (Fsp3) is 0.278. The number of carbonyl (C=O) groups excluding carboxylic acids is 1. The summed E-state index contributed by atoms with van der Waals surface area (Å²) in [6.07, 6.45) is 0.860. The number of hydrogen-bond donors (Lipinski definition) is 2. The first-order valence-electron chi connectivity index (χ1n) is 7.51. The lowest BCUT2D eigenvalue weighted by molar-refractivity contribution is 0.0308. The van der Waals surface area contributed by atoms with Crippen molar-refractivity contribution < 1.29 is 9.53 Å². The van der Waals surface area contributed by atoms with Crippen LogP contribution in [0.25, 0.3) is 0 Å². The number of anilines is 1.